The molecule has 0 aliphatic rings. The predicted molar refractivity (Wildman–Crippen MR) is 144 cm³/mol. The summed E-state index contributed by atoms with van der Waals surface area (Å²) in [5, 5.41) is 32.5. The van der Waals surface area contributed by atoms with Crippen molar-refractivity contribution >= 4 is 5.91 Å². The third kappa shape index (κ3) is 20.2. The lowest BCUT2D eigenvalue weighted by Crippen LogP contribution is -2.48. The van der Waals surface area contributed by atoms with Gasteiger partial charge in [0.05, 0.1) is 18.8 Å². The molecule has 0 aromatic heterocycles. The maximum atomic E-state index is 12.2. The van der Waals surface area contributed by atoms with Crippen molar-refractivity contribution in [1.82, 2.24) is 5.32 Å². The summed E-state index contributed by atoms with van der Waals surface area (Å²) >= 11 is 0. The SMILES string of the molecule is CCCCC/C=C/CC/C=C/C(O)C(CO)NC(=O)C(O)CCCCCCCCCCCCC. The zero-order chi connectivity index (χ0) is 25.3. The summed E-state index contributed by atoms with van der Waals surface area (Å²) in [7, 11) is 0. The molecule has 0 aromatic carbocycles. The summed E-state index contributed by atoms with van der Waals surface area (Å²) in [5.41, 5.74) is 0. The minimum absolute atomic E-state index is 0.375. The van der Waals surface area contributed by atoms with E-state index >= 15 is 0 Å². The van der Waals surface area contributed by atoms with Gasteiger partial charge in [0, 0.05) is 0 Å². The molecule has 0 heterocycles. The van der Waals surface area contributed by atoms with E-state index in [0.29, 0.717) is 6.42 Å². The van der Waals surface area contributed by atoms with E-state index in [0.717, 1.165) is 38.5 Å². The topological polar surface area (TPSA) is 89.8 Å². The minimum Gasteiger partial charge on any atom is -0.394 e. The van der Waals surface area contributed by atoms with Crippen LogP contribution in [0.5, 0.6) is 0 Å². The van der Waals surface area contributed by atoms with Crippen molar-refractivity contribution in [3.8, 4) is 0 Å². The van der Waals surface area contributed by atoms with Gasteiger partial charge in [-0.15, -0.1) is 0 Å². The van der Waals surface area contributed by atoms with Gasteiger partial charge < -0.3 is 20.6 Å². The largest absolute Gasteiger partial charge is 0.394 e. The number of aliphatic hydroxyl groups is 3. The Balaban J connectivity index is 3.91. The molecule has 0 aliphatic carbocycles. The monoisotopic (exact) mass is 481 g/mol. The molecule has 0 fully saturated rings. The number of aliphatic hydroxyl groups excluding tert-OH is 3. The lowest BCUT2D eigenvalue weighted by molar-refractivity contribution is -0.131. The van der Waals surface area contributed by atoms with Crippen LogP contribution in [0.15, 0.2) is 24.3 Å². The first-order valence-electron chi connectivity index (χ1n) is 14.2. The van der Waals surface area contributed by atoms with Gasteiger partial charge in [0.2, 0.25) is 5.91 Å². The molecule has 0 aromatic rings. The smallest absolute Gasteiger partial charge is 0.249 e. The van der Waals surface area contributed by atoms with E-state index in [2.05, 4.69) is 31.3 Å². The van der Waals surface area contributed by atoms with Crippen LogP contribution >= 0.6 is 0 Å². The lowest BCUT2D eigenvalue weighted by atomic mass is 10.0. The zero-order valence-electron chi connectivity index (χ0n) is 22.2. The van der Waals surface area contributed by atoms with Gasteiger partial charge >= 0.3 is 0 Å². The molecular weight excluding hydrogens is 426 g/mol. The molecule has 0 spiro atoms. The number of allylic oxidation sites excluding steroid dienone is 3. The fourth-order valence-electron chi connectivity index (χ4n) is 3.96. The molecular formula is C29H55NO4. The molecule has 0 aliphatic heterocycles. The second-order valence-corrected chi connectivity index (χ2v) is 9.60. The standard InChI is InChI=1S/C29H55NO4/c1-3-5-7-9-11-13-14-16-18-20-22-24-28(33)29(34)30-26(25-31)27(32)23-21-19-17-15-12-10-8-6-4-2/h12,15,21,23,26-28,31-33H,3-11,13-14,16-20,22,24-25H2,1-2H3,(H,30,34)/b15-12+,23-21+. The number of unbranched alkanes of at least 4 members (excludes halogenated alkanes) is 14. The zero-order valence-corrected chi connectivity index (χ0v) is 22.2. The summed E-state index contributed by atoms with van der Waals surface area (Å²) in [4.78, 5) is 12.2. The molecule has 0 saturated heterocycles. The van der Waals surface area contributed by atoms with Crippen LogP contribution < -0.4 is 5.32 Å². The Bertz CT molecular complexity index is 506. The molecule has 0 saturated carbocycles. The van der Waals surface area contributed by atoms with Gasteiger partial charge in [-0.05, 0) is 32.1 Å². The molecule has 5 nitrogen and oxygen atoms in total. The first-order valence-corrected chi connectivity index (χ1v) is 14.2. The maximum Gasteiger partial charge on any atom is 0.249 e. The first-order chi connectivity index (χ1) is 16.6. The van der Waals surface area contributed by atoms with Gasteiger partial charge in [0.1, 0.15) is 6.10 Å². The molecule has 0 radical (unpaired) electrons. The minimum atomic E-state index is -1.10. The average molecular weight is 482 g/mol. The molecule has 3 unspecified atom stereocenters. The predicted octanol–water partition coefficient (Wildman–Crippen LogP) is 6.36. The molecule has 1 amide bonds. The number of hydrogen-bond acceptors (Lipinski definition) is 4. The van der Waals surface area contributed by atoms with E-state index in [1.807, 2.05) is 6.08 Å². The first kappa shape index (κ1) is 32.8. The van der Waals surface area contributed by atoms with Crippen LogP contribution in [-0.4, -0.2) is 46.1 Å². The molecule has 200 valence electrons. The Morgan fingerprint density at radius 3 is 1.79 bits per heavy atom. The van der Waals surface area contributed by atoms with Crippen molar-refractivity contribution < 1.29 is 20.1 Å². The normalized spacial score (nSPS) is 14.6. The van der Waals surface area contributed by atoms with E-state index in [-0.39, 0.29) is 6.61 Å². The Hall–Kier alpha value is -1.17. The maximum absolute atomic E-state index is 12.2. The summed E-state index contributed by atoms with van der Waals surface area (Å²) in [5.74, 6) is -0.520. The Morgan fingerprint density at radius 2 is 1.21 bits per heavy atom. The highest BCUT2D eigenvalue weighted by Gasteiger charge is 2.22. The summed E-state index contributed by atoms with van der Waals surface area (Å²) < 4.78 is 0. The van der Waals surface area contributed by atoms with Crippen molar-refractivity contribution in [3.05, 3.63) is 24.3 Å². The fraction of sp³-hybridized carbons (Fsp3) is 0.828. The summed E-state index contributed by atoms with van der Waals surface area (Å²) in [6.07, 6.45) is 26.2. The fourth-order valence-corrected chi connectivity index (χ4v) is 3.96. The van der Waals surface area contributed by atoms with E-state index in [1.165, 1.54) is 70.6 Å². The van der Waals surface area contributed by atoms with Crippen LogP contribution in [-0.2, 0) is 4.79 Å². The molecule has 5 heteroatoms. The number of carbonyl (C=O) groups is 1. The summed E-state index contributed by atoms with van der Waals surface area (Å²) in [6, 6.07) is -0.805. The van der Waals surface area contributed by atoms with Crippen molar-refractivity contribution in [2.75, 3.05) is 6.61 Å². The summed E-state index contributed by atoms with van der Waals surface area (Å²) in [6.45, 7) is 4.06. The van der Waals surface area contributed by atoms with Gasteiger partial charge in [0.25, 0.3) is 0 Å². The van der Waals surface area contributed by atoms with E-state index in [4.69, 9.17) is 0 Å². The number of amides is 1. The van der Waals surface area contributed by atoms with Gasteiger partial charge in [-0.3, -0.25) is 4.79 Å². The second kappa shape index (κ2) is 24.9. The lowest BCUT2D eigenvalue weighted by Gasteiger charge is -2.21. The highest BCUT2D eigenvalue weighted by atomic mass is 16.3. The molecule has 0 rings (SSSR count). The number of hydrogen-bond donors (Lipinski definition) is 4. The van der Waals surface area contributed by atoms with E-state index in [9.17, 15) is 20.1 Å². The average Bonchev–Trinajstić information content (AvgIpc) is 2.84. The van der Waals surface area contributed by atoms with Gasteiger partial charge in [0.15, 0.2) is 0 Å². The second-order valence-electron chi connectivity index (χ2n) is 9.60. The Morgan fingerprint density at radius 1 is 0.706 bits per heavy atom. The van der Waals surface area contributed by atoms with Gasteiger partial charge in [-0.2, -0.15) is 0 Å². The Kier molecular flexibility index (Phi) is 24.1. The number of rotatable bonds is 24. The highest BCUT2D eigenvalue weighted by Crippen LogP contribution is 2.13. The van der Waals surface area contributed by atoms with Crippen molar-refractivity contribution in [3.63, 3.8) is 0 Å². The van der Waals surface area contributed by atoms with Gasteiger partial charge in [-0.25, -0.2) is 0 Å². The molecule has 3 atom stereocenters. The van der Waals surface area contributed by atoms with Crippen molar-refractivity contribution in [1.29, 1.82) is 0 Å². The third-order valence-corrected chi connectivity index (χ3v) is 6.29. The van der Waals surface area contributed by atoms with Crippen LogP contribution in [0.3, 0.4) is 0 Å². The van der Waals surface area contributed by atoms with E-state index in [1.54, 1.807) is 6.08 Å². The van der Waals surface area contributed by atoms with E-state index < -0.39 is 24.2 Å². The van der Waals surface area contributed by atoms with Crippen LogP contribution in [0, 0.1) is 0 Å². The van der Waals surface area contributed by atoms with Crippen molar-refractivity contribution in [2.24, 2.45) is 0 Å². The van der Waals surface area contributed by atoms with Gasteiger partial charge in [-0.1, -0.05) is 122 Å². The van der Waals surface area contributed by atoms with Crippen LogP contribution in [0.4, 0.5) is 0 Å². The number of carbonyl (C=O) groups excluding carboxylic acids is 1. The molecule has 4 N–H and O–H groups in total. The van der Waals surface area contributed by atoms with Crippen LogP contribution in [0.1, 0.15) is 129 Å². The van der Waals surface area contributed by atoms with Crippen LogP contribution in [0.2, 0.25) is 0 Å². The molecule has 34 heavy (non-hydrogen) atoms. The van der Waals surface area contributed by atoms with Crippen molar-refractivity contribution in [2.45, 2.75) is 148 Å². The van der Waals surface area contributed by atoms with Crippen LogP contribution in [0.25, 0.3) is 0 Å². The quantitative estimate of drug-likeness (QED) is 0.0954. The highest BCUT2D eigenvalue weighted by molar-refractivity contribution is 5.80. The third-order valence-electron chi connectivity index (χ3n) is 6.29. The Labute approximate surface area is 210 Å². The number of nitrogens with one attached hydrogen (secondary N) is 1. The molecule has 0 bridgehead atoms.